The number of rotatable bonds is 3. The van der Waals surface area contributed by atoms with Crippen molar-refractivity contribution in [2.24, 2.45) is 5.92 Å². The maximum atomic E-state index is 12.2. The third kappa shape index (κ3) is 3.69. The van der Waals surface area contributed by atoms with Crippen molar-refractivity contribution >= 4 is 29.2 Å². The second kappa shape index (κ2) is 6.97. The highest BCUT2D eigenvalue weighted by Crippen LogP contribution is 2.31. The van der Waals surface area contributed by atoms with E-state index in [9.17, 15) is 9.90 Å². The van der Waals surface area contributed by atoms with Crippen LogP contribution in [0, 0.1) is 5.92 Å². The van der Waals surface area contributed by atoms with Crippen molar-refractivity contribution in [2.45, 2.75) is 25.5 Å². The molecule has 21 heavy (non-hydrogen) atoms. The largest absolute Gasteiger partial charge is 0.468 e. The van der Waals surface area contributed by atoms with Gasteiger partial charge in [0.1, 0.15) is 6.04 Å². The average molecular weight is 332 g/mol. The smallest absolute Gasteiger partial charge is 0.327 e. The number of benzene rings is 1. The maximum absolute atomic E-state index is 12.2. The second-order valence-corrected chi connectivity index (χ2v) is 6.24. The molecular weight excluding hydrogens is 313 g/mol. The molecule has 1 aromatic rings. The summed E-state index contributed by atoms with van der Waals surface area (Å²) in [6.07, 6.45) is 0.309. The Hall–Kier alpha value is -0.810. The number of nitrogens with zero attached hydrogens (tertiary/aromatic N) is 1. The molecule has 1 saturated heterocycles. The van der Waals surface area contributed by atoms with Crippen molar-refractivity contribution in [3.63, 3.8) is 0 Å². The molecule has 1 N–H and O–H groups in total. The molecule has 0 amide bonds. The Morgan fingerprint density at radius 2 is 2.14 bits per heavy atom. The third-order valence-corrected chi connectivity index (χ3v) is 4.68. The first-order valence-electron chi connectivity index (χ1n) is 6.89. The van der Waals surface area contributed by atoms with E-state index in [1.54, 1.807) is 18.2 Å². The molecule has 1 fully saturated rings. The van der Waals surface area contributed by atoms with Crippen LogP contribution in [0.2, 0.25) is 10.0 Å². The molecule has 3 atom stereocenters. The summed E-state index contributed by atoms with van der Waals surface area (Å²) in [5.74, 6) is -0.231. The quantitative estimate of drug-likeness (QED) is 0.865. The van der Waals surface area contributed by atoms with Crippen molar-refractivity contribution in [3.05, 3.63) is 33.8 Å². The van der Waals surface area contributed by atoms with E-state index < -0.39 is 6.04 Å². The molecule has 1 aliphatic rings. The van der Waals surface area contributed by atoms with E-state index in [0.717, 1.165) is 5.56 Å². The molecule has 0 bridgehead atoms. The number of methoxy groups -OCH3 is 1. The minimum Gasteiger partial charge on any atom is -0.468 e. The van der Waals surface area contributed by atoms with E-state index in [1.165, 1.54) is 7.11 Å². The van der Waals surface area contributed by atoms with Gasteiger partial charge >= 0.3 is 5.97 Å². The fourth-order valence-corrected chi connectivity index (χ4v) is 3.00. The molecular formula is C15H19Cl2NO3. The van der Waals surface area contributed by atoms with Crippen molar-refractivity contribution in [2.75, 3.05) is 20.2 Å². The van der Waals surface area contributed by atoms with Crippen molar-refractivity contribution in [3.8, 4) is 0 Å². The summed E-state index contributed by atoms with van der Waals surface area (Å²) in [4.78, 5) is 14.2. The van der Waals surface area contributed by atoms with Crippen LogP contribution < -0.4 is 0 Å². The maximum Gasteiger partial charge on any atom is 0.327 e. The highest BCUT2D eigenvalue weighted by atomic mass is 35.5. The van der Waals surface area contributed by atoms with Crippen LogP contribution in [0.3, 0.4) is 0 Å². The van der Waals surface area contributed by atoms with Gasteiger partial charge < -0.3 is 9.84 Å². The van der Waals surface area contributed by atoms with Crippen LogP contribution in [-0.2, 0) is 9.53 Å². The number of halogens is 2. The first-order chi connectivity index (χ1) is 9.93. The molecule has 4 nitrogen and oxygen atoms in total. The van der Waals surface area contributed by atoms with E-state index >= 15 is 0 Å². The molecule has 1 heterocycles. The number of piperidine rings is 1. The fourth-order valence-electron chi connectivity index (χ4n) is 2.69. The van der Waals surface area contributed by atoms with Gasteiger partial charge in [-0.3, -0.25) is 4.90 Å². The lowest BCUT2D eigenvalue weighted by Crippen LogP contribution is -2.46. The van der Waals surface area contributed by atoms with Gasteiger partial charge in [0.15, 0.2) is 0 Å². The van der Waals surface area contributed by atoms with Gasteiger partial charge in [0.05, 0.1) is 23.3 Å². The Bertz CT molecular complexity index is 524. The molecule has 1 aliphatic heterocycles. The third-order valence-electron chi connectivity index (χ3n) is 3.94. The minimum absolute atomic E-state index is 0.105. The normalized spacial score (nSPS) is 24.6. The second-order valence-electron chi connectivity index (χ2n) is 5.43. The Balaban J connectivity index is 2.30. The highest BCUT2D eigenvalue weighted by Gasteiger charge is 2.34. The SMILES string of the molecule is COC(=O)[C@H](c1ccc(Cl)c(Cl)c1)N1CC[C@@H](O)[C@H](C)C1. The van der Waals surface area contributed by atoms with Crippen LogP contribution in [0.25, 0.3) is 0 Å². The van der Waals surface area contributed by atoms with Crippen LogP contribution in [0.4, 0.5) is 0 Å². The minimum atomic E-state index is -0.528. The van der Waals surface area contributed by atoms with E-state index in [1.807, 2.05) is 11.8 Å². The summed E-state index contributed by atoms with van der Waals surface area (Å²) in [6.45, 7) is 3.23. The molecule has 2 rings (SSSR count). The number of carbonyl (C=O) groups excluding carboxylic acids is 1. The number of esters is 1. The number of hydrogen-bond acceptors (Lipinski definition) is 4. The number of ether oxygens (including phenoxy) is 1. The van der Waals surface area contributed by atoms with E-state index in [4.69, 9.17) is 27.9 Å². The summed E-state index contributed by atoms with van der Waals surface area (Å²) < 4.78 is 4.93. The van der Waals surface area contributed by atoms with Crippen molar-refractivity contribution in [1.29, 1.82) is 0 Å². The molecule has 0 aliphatic carbocycles. The van der Waals surface area contributed by atoms with Gasteiger partial charge in [0.25, 0.3) is 0 Å². The lowest BCUT2D eigenvalue weighted by atomic mass is 9.93. The predicted molar refractivity (Wildman–Crippen MR) is 82.6 cm³/mol. The Morgan fingerprint density at radius 3 is 2.71 bits per heavy atom. The standard InChI is InChI=1S/C15H19Cl2NO3/c1-9-8-18(6-5-13(9)19)14(15(20)21-2)10-3-4-11(16)12(17)7-10/h3-4,7,9,13-14,19H,5-6,8H2,1-2H3/t9-,13-,14+/m1/s1. The first-order valence-corrected chi connectivity index (χ1v) is 7.64. The zero-order valence-corrected chi connectivity index (χ0v) is 13.6. The molecule has 6 heteroatoms. The summed E-state index contributed by atoms with van der Waals surface area (Å²) >= 11 is 12.0. The van der Waals surface area contributed by atoms with Gasteiger partial charge in [-0.2, -0.15) is 0 Å². The Kier molecular flexibility index (Phi) is 5.49. The zero-order chi connectivity index (χ0) is 15.6. The molecule has 0 aromatic heterocycles. The highest BCUT2D eigenvalue weighted by molar-refractivity contribution is 6.42. The molecule has 0 spiro atoms. The number of aliphatic hydroxyl groups is 1. The molecule has 0 saturated carbocycles. The van der Waals surface area contributed by atoms with Crippen molar-refractivity contribution < 1.29 is 14.6 Å². The van der Waals surface area contributed by atoms with Crippen LogP contribution in [-0.4, -0.2) is 42.3 Å². The fraction of sp³-hybridized carbons (Fsp3) is 0.533. The first kappa shape index (κ1) is 16.6. The van der Waals surface area contributed by atoms with E-state index in [0.29, 0.717) is 29.6 Å². The van der Waals surface area contributed by atoms with Gasteiger partial charge in [-0.15, -0.1) is 0 Å². The molecule has 0 radical (unpaired) electrons. The molecule has 1 aromatic carbocycles. The van der Waals surface area contributed by atoms with Crippen LogP contribution in [0.1, 0.15) is 24.9 Å². The van der Waals surface area contributed by atoms with Gasteiger partial charge in [0, 0.05) is 13.1 Å². The molecule has 0 unspecified atom stereocenters. The van der Waals surface area contributed by atoms with Crippen molar-refractivity contribution in [1.82, 2.24) is 4.90 Å². The summed E-state index contributed by atoms with van der Waals surface area (Å²) in [5, 5.41) is 10.7. The topological polar surface area (TPSA) is 49.8 Å². The van der Waals surface area contributed by atoms with Gasteiger partial charge in [-0.25, -0.2) is 4.79 Å². The summed E-state index contributed by atoms with van der Waals surface area (Å²) in [6, 6.07) is 4.63. The van der Waals surface area contributed by atoms with Gasteiger partial charge in [0.2, 0.25) is 0 Å². The lowest BCUT2D eigenvalue weighted by Gasteiger charge is -2.38. The Morgan fingerprint density at radius 1 is 1.43 bits per heavy atom. The number of carbonyl (C=O) groups is 1. The van der Waals surface area contributed by atoms with E-state index in [2.05, 4.69) is 0 Å². The monoisotopic (exact) mass is 331 g/mol. The summed E-state index contributed by atoms with van der Waals surface area (Å²) in [5.41, 5.74) is 0.750. The number of likely N-dealkylation sites (tertiary alicyclic amines) is 1. The van der Waals surface area contributed by atoms with Gasteiger partial charge in [-0.05, 0) is 30.0 Å². The predicted octanol–water partition coefficient (Wildman–Crippen LogP) is 2.91. The number of hydrogen-bond donors (Lipinski definition) is 1. The van der Waals surface area contributed by atoms with Crippen LogP contribution in [0.15, 0.2) is 18.2 Å². The molecule has 116 valence electrons. The van der Waals surface area contributed by atoms with Crippen LogP contribution >= 0.6 is 23.2 Å². The summed E-state index contributed by atoms with van der Waals surface area (Å²) in [7, 11) is 1.37. The zero-order valence-electron chi connectivity index (χ0n) is 12.1. The van der Waals surface area contributed by atoms with Crippen LogP contribution in [0.5, 0.6) is 0 Å². The van der Waals surface area contributed by atoms with Gasteiger partial charge in [-0.1, -0.05) is 36.2 Å². The lowest BCUT2D eigenvalue weighted by molar-refractivity contribution is -0.149. The Labute approximate surface area is 134 Å². The van der Waals surface area contributed by atoms with E-state index in [-0.39, 0.29) is 18.0 Å². The average Bonchev–Trinajstić information content (AvgIpc) is 2.46. The number of aliphatic hydroxyl groups excluding tert-OH is 1.